The molecule has 1 aromatic rings. The van der Waals surface area contributed by atoms with Gasteiger partial charge in [-0.05, 0) is 17.9 Å². The van der Waals surface area contributed by atoms with Crippen molar-refractivity contribution in [1.29, 1.82) is 0 Å². The molecule has 1 fully saturated rings. The van der Waals surface area contributed by atoms with Crippen LogP contribution in [0.3, 0.4) is 0 Å². The van der Waals surface area contributed by atoms with Gasteiger partial charge in [0.1, 0.15) is 0 Å². The van der Waals surface area contributed by atoms with Gasteiger partial charge in [0.05, 0.1) is 12.7 Å². The van der Waals surface area contributed by atoms with E-state index in [-0.39, 0.29) is 5.41 Å². The van der Waals surface area contributed by atoms with Crippen LogP contribution in [0.5, 0.6) is 0 Å². The van der Waals surface area contributed by atoms with Gasteiger partial charge in [-0.15, -0.1) is 11.3 Å². The lowest BCUT2D eigenvalue weighted by molar-refractivity contribution is 0.0215. The fourth-order valence-corrected chi connectivity index (χ4v) is 2.71. The average molecular weight is 213 g/mol. The van der Waals surface area contributed by atoms with Crippen LogP contribution in [0.15, 0.2) is 17.5 Å². The van der Waals surface area contributed by atoms with Crippen molar-refractivity contribution >= 4 is 11.3 Å². The highest BCUT2D eigenvalue weighted by atomic mass is 32.1. The molecule has 14 heavy (non-hydrogen) atoms. The topological polar surface area (TPSA) is 55.5 Å². The number of nitrogens with two attached hydrogens (primary N) is 1. The number of thiophene rings is 1. The van der Waals surface area contributed by atoms with Crippen molar-refractivity contribution in [2.45, 2.75) is 12.5 Å². The Morgan fingerprint density at radius 3 is 3.07 bits per heavy atom. The third-order valence-corrected chi connectivity index (χ3v) is 3.86. The minimum Gasteiger partial charge on any atom is -0.387 e. The number of hydrogen-bond donors (Lipinski definition) is 2. The highest BCUT2D eigenvalue weighted by Crippen LogP contribution is 2.41. The summed E-state index contributed by atoms with van der Waals surface area (Å²) in [5.74, 6) is 0. The molecular formula is C10H15NO2S. The molecule has 3 N–H and O–H groups in total. The van der Waals surface area contributed by atoms with Gasteiger partial charge in [0, 0.05) is 23.4 Å². The van der Waals surface area contributed by atoms with E-state index in [0.29, 0.717) is 19.8 Å². The van der Waals surface area contributed by atoms with Crippen molar-refractivity contribution in [3.63, 3.8) is 0 Å². The number of hydrogen-bond acceptors (Lipinski definition) is 4. The van der Waals surface area contributed by atoms with Gasteiger partial charge >= 0.3 is 0 Å². The molecule has 3 nitrogen and oxygen atoms in total. The molecule has 0 aliphatic carbocycles. The van der Waals surface area contributed by atoms with Crippen LogP contribution in [0.2, 0.25) is 0 Å². The van der Waals surface area contributed by atoms with E-state index >= 15 is 0 Å². The summed E-state index contributed by atoms with van der Waals surface area (Å²) in [7, 11) is 0. The van der Waals surface area contributed by atoms with E-state index in [1.54, 1.807) is 11.3 Å². The van der Waals surface area contributed by atoms with Gasteiger partial charge in [0.2, 0.25) is 0 Å². The van der Waals surface area contributed by atoms with E-state index < -0.39 is 6.10 Å². The zero-order valence-electron chi connectivity index (χ0n) is 7.98. The molecule has 1 aliphatic rings. The molecule has 1 saturated heterocycles. The fraction of sp³-hybridized carbons (Fsp3) is 0.600. The van der Waals surface area contributed by atoms with Gasteiger partial charge in [-0.3, -0.25) is 0 Å². The third-order valence-electron chi connectivity index (χ3n) is 2.93. The van der Waals surface area contributed by atoms with Crippen molar-refractivity contribution in [2.24, 2.45) is 11.1 Å². The summed E-state index contributed by atoms with van der Waals surface area (Å²) >= 11 is 1.57. The smallest absolute Gasteiger partial charge is 0.0972 e. The van der Waals surface area contributed by atoms with E-state index in [4.69, 9.17) is 10.5 Å². The normalized spacial score (nSPS) is 29.3. The van der Waals surface area contributed by atoms with Gasteiger partial charge in [-0.25, -0.2) is 0 Å². The van der Waals surface area contributed by atoms with Crippen molar-refractivity contribution in [1.82, 2.24) is 0 Å². The van der Waals surface area contributed by atoms with Crippen LogP contribution in [-0.2, 0) is 4.74 Å². The summed E-state index contributed by atoms with van der Waals surface area (Å²) < 4.78 is 5.34. The minimum absolute atomic E-state index is 0.259. The monoisotopic (exact) mass is 213 g/mol. The number of rotatable bonds is 3. The first kappa shape index (κ1) is 10.1. The molecule has 0 aromatic carbocycles. The minimum atomic E-state index is -0.477. The van der Waals surface area contributed by atoms with Gasteiger partial charge in [0.15, 0.2) is 0 Å². The van der Waals surface area contributed by atoms with E-state index in [0.717, 1.165) is 11.3 Å². The van der Waals surface area contributed by atoms with Gasteiger partial charge in [0.25, 0.3) is 0 Å². The summed E-state index contributed by atoms with van der Waals surface area (Å²) in [6.45, 7) is 1.76. The molecule has 1 aromatic heterocycles. The SMILES string of the molecule is NCC1(C(O)c2cccs2)CCOC1. The third kappa shape index (κ3) is 1.59. The van der Waals surface area contributed by atoms with Gasteiger partial charge in [-0.2, -0.15) is 0 Å². The molecule has 2 atom stereocenters. The quantitative estimate of drug-likeness (QED) is 0.792. The average Bonchev–Trinajstić information content (AvgIpc) is 2.89. The molecule has 78 valence electrons. The number of ether oxygens (including phenoxy) is 1. The molecule has 0 spiro atoms. The number of aliphatic hydroxyl groups is 1. The highest BCUT2D eigenvalue weighted by Gasteiger charge is 2.41. The van der Waals surface area contributed by atoms with Crippen LogP contribution in [-0.4, -0.2) is 24.9 Å². The lowest BCUT2D eigenvalue weighted by Crippen LogP contribution is -2.37. The van der Waals surface area contributed by atoms with Gasteiger partial charge < -0.3 is 15.6 Å². The molecule has 0 saturated carbocycles. The van der Waals surface area contributed by atoms with E-state index in [9.17, 15) is 5.11 Å². The largest absolute Gasteiger partial charge is 0.387 e. The van der Waals surface area contributed by atoms with Crippen molar-refractivity contribution in [2.75, 3.05) is 19.8 Å². The Kier molecular flexibility index (Phi) is 2.88. The van der Waals surface area contributed by atoms with E-state index in [1.807, 2.05) is 17.5 Å². The standard InChI is InChI=1S/C10H15NO2S/c11-6-10(3-4-13-7-10)9(12)8-2-1-5-14-8/h1-2,5,9,12H,3-4,6-7,11H2. The predicted octanol–water partition coefficient (Wildman–Crippen LogP) is 1.15. The summed E-state index contributed by atoms with van der Waals surface area (Å²) in [5.41, 5.74) is 5.48. The summed E-state index contributed by atoms with van der Waals surface area (Å²) in [4.78, 5) is 0.987. The molecular weight excluding hydrogens is 198 g/mol. The van der Waals surface area contributed by atoms with Crippen molar-refractivity contribution in [3.05, 3.63) is 22.4 Å². The molecule has 4 heteroatoms. The van der Waals surface area contributed by atoms with Crippen LogP contribution < -0.4 is 5.73 Å². The van der Waals surface area contributed by atoms with Crippen LogP contribution >= 0.6 is 11.3 Å². The first-order valence-corrected chi connectivity index (χ1v) is 5.66. The second-order valence-electron chi connectivity index (χ2n) is 3.79. The second-order valence-corrected chi connectivity index (χ2v) is 4.77. The second kappa shape index (κ2) is 3.98. The van der Waals surface area contributed by atoms with Crippen LogP contribution in [0.1, 0.15) is 17.4 Å². The van der Waals surface area contributed by atoms with E-state index in [2.05, 4.69) is 0 Å². The van der Waals surface area contributed by atoms with Crippen LogP contribution in [0.25, 0.3) is 0 Å². The Labute approximate surface area is 87.5 Å². The highest BCUT2D eigenvalue weighted by molar-refractivity contribution is 7.10. The van der Waals surface area contributed by atoms with Crippen molar-refractivity contribution < 1.29 is 9.84 Å². The summed E-state index contributed by atoms with van der Waals surface area (Å²) in [5, 5.41) is 12.2. The van der Waals surface area contributed by atoms with Crippen molar-refractivity contribution in [3.8, 4) is 0 Å². The van der Waals surface area contributed by atoms with Crippen LogP contribution in [0.4, 0.5) is 0 Å². The van der Waals surface area contributed by atoms with Crippen LogP contribution in [0, 0.1) is 5.41 Å². The Bertz CT molecular complexity index is 280. The first-order valence-electron chi connectivity index (χ1n) is 4.78. The molecule has 2 heterocycles. The maximum Gasteiger partial charge on any atom is 0.0972 e. The zero-order valence-corrected chi connectivity index (χ0v) is 8.80. The Balaban J connectivity index is 2.19. The van der Waals surface area contributed by atoms with Gasteiger partial charge in [-0.1, -0.05) is 6.07 Å². The molecule has 0 amide bonds. The Morgan fingerprint density at radius 2 is 2.57 bits per heavy atom. The molecule has 0 radical (unpaired) electrons. The lowest BCUT2D eigenvalue weighted by Gasteiger charge is -2.30. The fourth-order valence-electron chi connectivity index (χ4n) is 1.86. The lowest BCUT2D eigenvalue weighted by atomic mass is 9.81. The Morgan fingerprint density at radius 1 is 1.71 bits per heavy atom. The summed E-state index contributed by atoms with van der Waals surface area (Å²) in [6.07, 6.45) is 0.373. The molecule has 0 bridgehead atoms. The maximum absolute atomic E-state index is 10.2. The molecule has 2 rings (SSSR count). The van der Waals surface area contributed by atoms with E-state index in [1.165, 1.54) is 0 Å². The zero-order chi connectivity index (χ0) is 10.0. The molecule has 1 aliphatic heterocycles. The summed E-state index contributed by atoms with van der Waals surface area (Å²) in [6, 6.07) is 3.90. The number of aliphatic hydroxyl groups excluding tert-OH is 1. The first-order chi connectivity index (χ1) is 6.78. The molecule has 2 unspecified atom stereocenters. The maximum atomic E-state index is 10.2. The predicted molar refractivity (Wildman–Crippen MR) is 56.2 cm³/mol. The Hall–Kier alpha value is -0.420.